The second-order valence-corrected chi connectivity index (χ2v) is 5.61. The number of anilines is 2. The summed E-state index contributed by atoms with van der Waals surface area (Å²) < 4.78 is 5.47. The van der Waals surface area contributed by atoms with E-state index in [2.05, 4.69) is 20.6 Å². The molecule has 1 saturated heterocycles. The molecule has 122 valence electrons. The summed E-state index contributed by atoms with van der Waals surface area (Å²) in [7, 11) is 0. The van der Waals surface area contributed by atoms with Gasteiger partial charge in [0.1, 0.15) is 5.82 Å². The van der Waals surface area contributed by atoms with E-state index in [-0.39, 0.29) is 18.7 Å². The summed E-state index contributed by atoms with van der Waals surface area (Å²) >= 11 is 0. The van der Waals surface area contributed by atoms with E-state index >= 15 is 0 Å². The molecule has 0 spiro atoms. The van der Waals surface area contributed by atoms with Crippen LogP contribution in [0.4, 0.5) is 11.8 Å². The molecule has 6 nitrogen and oxygen atoms in total. The second-order valence-electron chi connectivity index (χ2n) is 5.61. The maximum Gasteiger partial charge on any atom is 0.225 e. The van der Waals surface area contributed by atoms with Crippen molar-refractivity contribution >= 4 is 11.8 Å². The zero-order valence-corrected chi connectivity index (χ0v) is 13.0. The molecular formula is C17H22N4O2. The fourth-order valence-corrected chi connectivity index (χ4v) is 2.65. The van der Waals surface area contributed by atoms with E-state index < -0.39 is 0 Å². The van der Waals surface area contributed by atoms with Gasteiger partial charge in [-0.2, -0.15) is 4.98 Å². The van der Waals surface area contributed by atoms with Gasteiger partial charge < -0.3 is 20.5 Å². The van der Waals surface area contributed by atoms with E-state index in [1.165, 1.54) is 0 Å². The van der Waals surface area contributed by atoms with Gasteiger partial charge in [-0.3, -0.25) is 0 Å². The van der Waals surface area contributed by atoms with Gasteiger partial charge in [-0.25, -0.2) is 4.98 Å². The van der Waals surface area contributed by atoms with Crippen LogP contribution >= 0.6 is 0 Å². The smallest absolute Gasteiger partial charge is 0.225 e. The van der Waals surface area contributed by atoms with Crippen molar-refractivity contribution in [3.8, 4) is 0 Å². The number of nitrogens with one attached hydrogen (secondary N) is 2. The lowest BCUT2D eigenvalue weighted by Crippen LogP contribution is -2.30. The standard InChI is InChI=1S/C17H22N4O2/c22-11-15(13-5-2-1-3-6-13)20-17-18-9-8-16(21-17)19-14-7-4-10-23-12-14/h1-3,5-6,8-9,14-15,22H,4,7,10-12H2,(H2,18,19,20,21)/t14-,15-/m0/s1. The number of hydrogen-bond donors (Lipinski definition) is 3. The number of hydrogen-bond acceptors (Lipinski definition) is 6. The van der Waals surface area contributed by atoms with Crippen LogP contribution in [-0.4, -0.2) is 40.9 Å². The number of ether oxygens (including phenoxy) is 1. The normalized spacial score (nSPS) is 19.1. The summed E-state index contributed by atoms with van der Waals surface area (Å²) in [6.07, 6.45) is 3.85. The van der Waals surface area contributed by atoms with Gasteiger partial charge >= 0.3 is 0 Å². The molecule has 1 aromatic carbocycles. The van der Waals surface area contributed by atoms with Crippen LogP contribution in [0.3, 0.4) is 0 Å². The molecule has 23 heavy (non-hydrogen) atoms. The van der Waals surface area contributed by atoms with Crippen LogP contribution in [0, 0.1) is 0 Å². The van der Waals surface area contributed by atoms with Crippen LogP contribution in [0.5, 0.6) is 0 Å². The van der Waals surface area contributed by atoms with Gasteiger partial charge in [0.25, 0.3) is 0 Å². The largest absolute Gasteiger partial charge is 0.394 e. The molecule has 1 fully saturated rings. The molecule has 1 aromatic heterocycles. The fourth-order valence-electron chi connectivity index (χ4n) is 2.65. The molecule has 1 aliphatic rings. The Kier molecular flexibility index (Phi) is 5.39. The Bertz CT molecular complexity index is 603. The van der Waals surface area contributed by atoms with Crippen molar-refractivity contribution in [3.63, 3.8) is 0 Å². The van der Waals surface area contributed by atoms with Crippen LogP contribution in [0.25, 0.3) is 0 Å². The van der Waals surface area contributed by atoms with E-state index in [1.807, 2.05) is 36.4 Å². The van der Waals surface area contributed by atoms with Crippen molar-refractivity contribution in [3.05, 3.63) is 48.2 Å². The molecule has 3 N–H and O–H groups in total. The highest BCUT2D eigenvalue weighted by Crippen LogP contribution is 2.18. The summed E-state index contributed by atoms with van der Waals surface area (Å²) in [5.74, 6) is 1.26. The quantitative estimate of drug-likeness (QED) is 0.759. The summed E-state index contributed by atoms with van der Waals surface area (Å²) in [6, 6.07) is 11.7. The van der Waals surface area contributed by atoms with Crippen molar-refractivity contribution < 1.29 is 9.84 Å². The van der Waals surface area contributed by atoms with Gasteiger partial charge in [0, 0.05) is 12.8 Å². The average molecular weight is 314 g/mol. The Balaban J connectivity index is 1.66. The van der Waals surface area contributed by atoms with Crippen molar-refractivity contribution in [1.29, 1.82) is 0 Å². The van der Waals surface area contributed by atoms with Gasteiger partial charge in [-0.15, -0.1) is 0 Å². The summed E-state index contributed by atoms with van der Waals surface area (Å²) in [6.45, 7) is 1.52. The third kappa shape index (κ3) is 4.40. The minimum absolute atomic E-state index is 0.0263. The number of aliphatic hydroxyl groups excluding tert-OH is 1. The van der Waals surface area contributed by atoms with Crippen molar-refractivity contribution in [2.45, 2.75) is 24.9 Å². The summed E-state index contributed by atoms with van der Waals surface area (Å²) in [5.41, 5.74) is 0.998. The lowest BCUT2D eigenvalue weighted by molar-refractivity contribution is 0.0875. The molecule has 3 rings (SSSR count). The topological polar surface area (TPSA) is 79.3 Å². The maximum absolute atomic E-state index is 9.62. The summed E-state index contributed by atoms with van der Waals surface area (Å²) in [4.78, 5) is 8.72. The minimum Gasteiger partial charge on any atom is -0.394 e. The highest BCUT2D eigenvalue weighted by Gasteiger charge is 2.15. The van der Waals surface area contributed by atoms with Crippen LogP contribution in [-0.2, 0) is 4.74 Å². The first-order chi connectivity index (χ1) is 11.3. The maximum atomic E-state index is 9.62. The Morgan fingerprint density at radius 2 is 2.13 bits per heavy atom. The molecule has 6 heteroatoms. The highest BCUT2D eigenvalue weighted by atomic mass is 16.5. The zero-order chi connectivity index (χ0) is 15.9. The van der Waals surface area contributed by atoms with Crippen molar-refractivity contribution in [2.75, 3.05) is 30.5 Å². The third-order valence-electron chi connectivity index (χ3n) is 3.86. The first kappa shape index (κ1) is 15.7. The van der Waals surface area contributed by atoms with E-state index in [0.29, 0.717) is 12.6 Å². The van der Waals surface area contributed by atoms with Gasteiger partial charge in [0.2, 0.25) is 5.95 Å². The number of aromatic nitrogens is 2. The van der Waals surface area contributed by atoms with Crippen molar-refractivity contribution in [2.24, 2.45) is 0 Å². The molecule has 2 atom stereocenters. The van der Waals surface area contributed by atoms with E-state index in [0.717, 1.165) is 30.8 Å². The fraction of sp³-hybridized carbons (Fsp3) is 0.412. The molecule has 0 aliphatic carbocycles. The third-order valence-corrected chi connectivity index (χ3v) is 3.86. The predicted octanol–water partition coefficient (Wildman–Crippen LogP) is 2.21. The first-order valence-corrected chi connectivity index (χ1v) is 7.95. The van der Waals surface area contributed by atoms with E-state index in [1.54, 1.807) is 6.20 Å². The van der Waals surface area contributed by atoms with Crippen molar-refractivity contribution in [1.82, 2.24) is 9.97 Å². The molecule has 0 unspecified atom stereocenters. The Hall–Kier alpha value is -2.18. The first-order valence-electron chi connectivity index (χ1n) is 7.95. The van der Waals surface area contributed by atoms with Crippen LogP contribution in [0.1, 0.15) is 24.4 Å². The summed E-state index contributed by atoms with van der Waals surface area (Å²) in [5, 5.41) is 16.2. The van der Waals surface area contributed by atoms with E-state index in [9.17, 15) is 5.11 Å². The van der Waals surface area contributed by atoms with Crippen LogP contribution in [0.15, 0.2) is 42.6 Å². The predicted molar refractivity (Wildman–Crippen MR) is 89.4 cm³/mol. The van der Waals surface area contributed by atoms with E-state index in [4.69, 9.17) is 4.74 Å². The second kappa shape index (κ2) is 7.89. The molecule has 0 radical (unpaired) electrons. The molecule has 1 aliphatic heterocycles. The van der Waals surface area contributed by atoms with Gasteiger partial charge in [-0.1, -0.05) is 30.3 Å². The Morgan fingerprint density at radius 1 is 1.26 bits per heavy atom. The SMILES string of the molecule is OC[C@H](Nc1nccc(N[C@H]2CCCOC2)n1)c1ccccc1. The number of nitrogens with zero attached hydrogens (tertiary/aromatic N) is 2. The van der Waals surface area contributed by atoms with Gasteiger partial charge in [0.05, 0.1) is 25.3 Å². The molecule has 0 bridgehead atoms. The molecule has 0 saturated carbocycles. The zero-order valence-electron chi connectivity index (χ0n) is 13.0. The van der Waals surface area contributed by atoms with Gasteiger partial charge in [-0.05, 0) is 24.5 Å². The lowest BCUT2D eigenvalue weighted by Gasteiger charge is -2.24. The van der Waals surface area contributed by atoms with Crippen LogP contribution in [0.2, 0.25) is 0 Å². The average Bonchev–Trinajstić information content (AvgIpc) is 2.62. The number of rotatable bonds is 6. The Morgan fingerprint density at radius 3 is 2.87 bits per heavy atom. The molecular weight excluding hydrogens is 292 g/mol. The minimum atomic E-state index is -0.232. The van der Waals surface area contributed by atoms with Crippen LogP contribution < -0.4 is 10.6 Å². The molecule has 2 aromatic rings. The van der Waals surface area contributed by atoms with Gasteiger partial charge in [0.15, 0.2) is 0 Å². The molecule has 0 amide bonds. The lowest BCUT2D eigenvalue weighted by atomic mass is 10.1. The number of aliphatic hydroxyl groups is 1. The monoisotopic (exact) mass is 314 g/mol. The molecule has 2 heterocycles. The number of benzene rings is 1. The highest BCUT2D eigenvalue weighted by molar-refractivity contribution is 5.42. The Labute approximate surface area is 135 Å².